The first-order valence-electron chi connectivity index (χ1n) is 5.41. The molecule has 0 aliphatic rings. The number of methoxy groups -OCH3 is 1. The van der Waals surface area contributed by atoms with Gasteiger partial charge < -0.3 is 16.2 Å². The molecule has 0 aromatic carbocycles. The van der Waals surface area contributed by atoms with Crippen LogP contribution in [0.1, 0.15) is 10.5 Å². The van der Waals surface area contributed by atoms with Crippen LogP contribution >= 0.6 is 15.9 Å². The minimum atomic E-state index is -0.674. The standard InChI is InChI=1S/C7H7FN2O2.C5H4BrFN2/c1-12-7(11)6-5(9)2-4(8)3-10-6;6-5-4(8)1-3(7)2-9-5/h2-3H,9H2,1H3;1-2H,8H2. The predicted molar refractivity (Wildman–Crippen MR) is 76.3 cm³/mol. The van der Waals surface area contributed by atoms with Crippen LogP contribution in [0.25, 0.3) is 0 Å². The molecule has 0 radical (unpaired) electrons. The number of aromatic nitrogens is 2. The van der Waals surface area contributed by atoms with Crippen LogP contribution in [0.15, 0.2) is 29.1 Å². The van der Waals surface area contributed by atoms with Crippen molar-refractivity contribution in [3.8, 4) is 0 Å². The first-order valence-corrected chi connectivity index (χ1v) is 6.20. The van der Waals surface area contributed by atoms with Crippen LogP contribution in [-0.4, -0.2) is 23.0 Å². The van der Waals surface area contributed by atoms with E-state index in [-0.39, 0.29) is 11.4 Å². The van der Waals surface area contributed by atoms with E-state index in [2.05, 4.69) is 30.6 Å². The van der Waals surface area contributed by atoms with Gasteiger partial charge in [-0.2, -0.15) is 0 Å². The normalized spacial score (nSPS) is 9.52. The van der Waals surface area contributed by atoms with E-state index in [1.54, 1.807) is 0 Å². The van der Waals surface area contributed by atoms with Crippen molar-refractivity contribution in [3.63, 3.8) is 0 Å². The Kier molecular flexibility index (Phi) is 5.97. The summed E-state index contributed by atoms with van der Waals surface area (Å²) in [7, 11) is 1.20. The lowest BCUT2D eigenvalue weighted by Crippen LogP contribution is -2.08. The Labute approximate surface area is 127 Å². The van der Waals surface area contributed by atoms with Crippen molar-refractivity contribution in [1.82, 2.24) is 9.97 Å². The number of nitrogens with two attached hydrogens (primary N) is 2. The number of carbonyl (C=O) groups excluding carboxylic acids is 1. The Morgan fingerprint density at radius 2 is 1.67 bits per heavy atom. The number of ether oxygens (including phenoxy) is 1. The molecule has 0 fully saturated rings. The molecule has 0 atom stereocenters. The van der Waals surface area contributed by atoms with Gasteiger partial charge in [-0.05, 0) is 15.9 Å². The van der Waals surface area contributed by atoms with Gasteiger partial charge in [-0.25, -0.2) is 23.5 Å². The SMILES string of the molecule is COC(=O)c1ncc(F)cc1N.Nc1cc(F)cnc1Br. The number of esters is 1. The van der Waals surface area contributed by atoms with Crippen LogP contribution in [0, 0.1) is 11.6 Å². The Bertz CT molecular complexity index is 655. The summed E-state index contributed by atoms with van der Waals surface area (Å²) in [6.07, 6.45) is 2.00. The molecule has 2 aromatic rings. The van der Waals surface area contributed by atoms with E-state index in [9.17, 15) is 13.6 Å². The molecule has 2 rings (SSSR count). The lowest BCUT2D eigenvalue weighted by molar-refractivity contribution is 0.0595. The number of pyridine rings is 2. The molecule has 0 aliphatic carbocycles. The van der Waals surface area contributed by atoms with E-state index < -0.39 is 17.6 Å². The second-order valence-electron chi connectivity index (χ2n) is 3.62. The fourth-order valence-corrected chi connectivity index (χ4v) is 1.38. The molecule has 4 N–H and O–H groups in total. The summed E-state index contributed by atoms with van der Waals surface area (Å²) in [6.45, 7) is 0. The van der Waals surface area contributed by atoms with Crippen LogP contribution in [0.3, 0.4) is 0 Å². The van der Waals surface area contributed by atoms with Gasteiger partial charge in [0.15, 0.2) is 5.69 Å². The van der Waals surface area contributed by atoms with Crippen LogP contribution < -0.4 is 11.5 Å². The van der Waals surface area contributed by atoms with Crippen LogP contribution in [-0.2, 0) is 4.74 Å². The summed E-state index contributed by atoms with van der Waals surface area (Å²) in [5.74, 6) is -1.68. The van der Waals surface area contributed by atoms with Gasteiger partial charge in [0.1, 0.15) is 16.2 Å². The molecule has 0 saturated carbocycles. The highest BCUT2D eigenvalue weighted by Crippen LogP contribution is 2.15. The third-order valence-corrected chi connectivity index (χ3v) is 2.76. The molecule has 112 valence electrons. The zero-order valence-electron chi connectivity index (χ0n) is 10.8. The van der Waals surface area contributed by atoms with Crippen molar-refractivity contribution < 1.29 is 18.3 Å². The summed E-state index contributed by atoms with van der Waals surface area (Å²) in [4.78, 5) is 17.9. The smallest absolute Gasteiger partial charge is 0.358 e. The minimum absolute atomic E-state index is 0.0261. The lowest BCUT2D eigenvalue weighted by atomic mass is 10.3. The number of halogens is 3. The predicted octanol–water partition coefficient (Wildman–Crippen LogP) is 2.15. The van der Waals surface area contributed by atoms with Crippen molar-refractivity contribution in [2.75, 3.05) is 18.6 Å². The molecule has 0 aliphatic heterocycles. The number of nitrogen functional groups attached to an aromatic ring is 2. The highest BCUT2D eigenvalue weighted by molar-refractivity contribution is 9.10. The van der Waals surface area contributed by atoms with Gasteiger partial charge in [0.25, 0.3) is 0 Å². The molecule has 21 heavy (non-hydrogen) atoms. The minimum Gasteiger partial charge on any atom is -0.464 e. The van der Waals surface area contributed by atoms with E-state index >= 15 is 0 Å². The summed E-state index contributed by atoms with van der Waals surface area (Å²) in [5, 5.41) is 0. The van der Waals surface area contributed by atoms with Crippen molar-refractivity contribution in [2.45, 2.75) is 0 Å². The summed E-state index contributed by atoms with van der Waals surface area (Å²) < 4.78 is 29.4. The Balaban J connectivity index is 0.000000219. The van der Waals surface area contributed by atoms with Gasteiger partial charge in [0.2, 0.25) is 0 Å². The zero-order valence-corrected chi connectivity index (χ0v) is 12.4. The third kappa shape index (κ3) is 4.95. The average molecular weight is 361 g/mol. The maximum absolute atomic E-state index is 12.4. The molecule has 0 spiro atoms. The number of carbonyl (C=O) groups is 1. The van der Waals surface area contributed by atoms with Crippen molar-refractivity contribution in [1.29, 1.82) is 0 Å². The van der Waals surface area contributed by atoms with E-state index in [1.807, 2.05) is 0 Å². The number of anilines is 2. The number of nitrogens with zero attached hydrogens (tertiary/aromatic N) is 2. The first kappa shape index (κ1) is 16.8. The highest BCUT2D eigenvalue weighted by Gasteiger charge is 2.11. The van der Waals surface area contributed by atoms with E-state index in [1.165, 1.54) is 13.2 Å². The molecule has 0 amide bonds. The fourth-order valence-electron chi connectivity index (χ4n) is 1.16. The molecule has 2 heterocycles. The second kappa shape index (κ2) is 7.48. The van der Waals surface area contributed by atoms with Crippen LogP contribution in [0.5, 0.6) is 0 Å². The molecule has 0 bridgehead atoms. The van der Waals surface area contributed by atoms with E-state index in [0.29, 0.717) is 10.3 Å². The molecule has 0 unspecified atom stereocenters. The monoisotopic (exact) mass is 360 g/mol. The number of rotatable bonds is 1. The summed E-state index contributed by atoms with van der Waals surface area (Å²) >= 11 is 3.03. The Morgan fingerprint density at radius 1 is 1.14 bits per heavy atom. The lowest BCUT2D eigenvalue weighted by Gasteiger charge is -2.00. The van der Waals surface area contributed by atoms with Gasteiger partial charge >= 0.3 is 5.97 Å². The highest BCUT2D eigenvalue weighted by atomic mass is 79.9. The average Bonchev–Trinajstić information content (AvgIpc) is 2.43. The zero-order chi connectivity index (χ0) is 16.0. The quantitative estimate of drug-likeness (QED) is 0.596. The van der Waals surface area contributed by atoms with Crippen molar-refractivity contribution in [3.05, 3.63) is 46.5 Å². The molecule has 2 aromatic heterocycles. The Hall–Kier alpha value is -2.29. The molecular formula is C12H11BrF2N4O2. The second-order valence-corrected chi connectivity index (χ2v) is 4.37. The topological polar surface area (TPSA) is 104 Å². The van der Waals surface area contributed by atoms with E-state index in [4.69, 9.17) is 11.5 Å². The van der Waals surface area contributed by atoms with Crippen molar-refractivity contribution >= 4 is 33.3 Å². The molecule has 6 nitrogen and oxygen atoms in total. The summed E-state index contributed by atoms with van der Waals surface area (Å²) in [6, 6.07) is 2.22. The van der Waals surface area contributed by atoms with Gasteiger partial charge in [-0.15, -0.1) is 0 Å². The van der Waals surface area contributed by atoms with Gasteiger partial charge in [-0.1, -0.05) is 0 Å². The van der Waals surface area contributed by atoms with Crippen LogP contribution in [0.4, 0.5) is 20.2 Å². The van der Waals surface area contributed by atoms with Crippen molar-refractivity contribution in [2.24, 2.45) is 0 Å². The molecule has 0 saturated heterocycles. The fraction of sp³-hybridized carbons (Fsp3) is 0.0833. The maximum Gasteiger partial charge on any atom is 0.358 e. The molecular weight excluding hydrogens is 350 g/mol. The van der Waals surface area contributed by atoms with Gasteiger partial charge in [-0.3, -0.25) is 0 Å². The largest absolute Gasteiger partial charge is 0.464 e. The van der Waals surface area contributed by atoms with Gasteiger partial charge in [0, 0.05) is 12.1 Å². The van der Waals surface area contributed by atoms with Gasteiger partial charge in [0.05, 0.1) is 30.9 Å². The number of hydrogen-bond acceptors (Lipinski definition) is 6. The Morgan fingerprint density at radius 3 is 2.10 bits per heavy atom. The third-order valence-electron chi connectivity index (χ3n) is 2.10. The van der Waals surface area contributed by atoms with Crippen LogP contribution in [0.2, 0.25) is 0 Å². The molecule has 9 heteroatoms. The first-order chi connectivity index (χ1) is 9.85. The summed E-state index contributed by atoms with van der Waals surface area (Å²) in [5.41, 5.74) is 10.8. The maximum atomic E-state index is 12.4. The number of hydrogen-bond donors (Lipinski definition) is 2. The van der Waals surface area contributed by atoms with E-state index in [0.717, 1.165) is 18.5 Å².